The number of piperidine rings is 2. The molecule has 0 saturated carbocycles. The molecule has 42 heavy (non-hydrogen) atoms. The number of anilines is 2. The van der Waals surface area contributed by atoms with Crippen LogP contribution in [0.1, 0.15) is 58.0 Å². The maximum atomic E-state index is 15.4. The van der Waals surface area contributed by atoms with Gasteiger partial charge in [0.2, 0.25) is 17.8 Å². The van der Waals surface area contributed by atoms with Gasteiger partial charge < -0.3 is 9.80 Å². The molecule has 0 radical (unpaired) electrons. The number of halogens is 2. The number of carbonyl (C=O) groups is 4. The van der Waals surface area contributed by atoms with Crippen molar-refractivity contribution in [1.82, 2.24) is 20.2 Å². The van der Waals surface area contributed by atoms with Crippen molar-refractivity contribution in [2.75, 3.05) is 37.0 Å². The predicted octanol–water partition coefficient (Wildman–Crippen LogP) is 3.79. The molecule has 10 nitrogen and oxygen atoms in total. The van der Waals surface area contributed by atoms with Crippen LogP contribution in [0.5, 0.6) is 0 Å². The lowest BCUT2D eigenvalue weighted by molar-refractivity contribution is -0.136. The van der Waals surface area contributed by atoms with E-state index in [1.54, 1.807) is 0 Å². The van der Waals surface area contributed by atoms with Crippen LogP contribution in [0.4, 0.5) is 16.0 Å². The first-order chi connectivity index (χ1) is 20.1. The Labute approximate surface area is 246 Å². The van der Waals surface area contributed by atoms with Crippen molar-refractivity contribution in [3.63, 3.8) is 0 Å². The Morgan fingerprint density at radius 2 is 1.69 bits per heavy atom. The highest BCUT2D eigenvalue weighted by atomic mass is 35.5. The van der Waals surface area contributed by atoms with Crippen LogP contribution < -0.4 is 15.1 Å². The number of imide groups is 2. The zero-order valence-corrected chi connectivity index (χ0v) is 23.8. The molecule has 0 spiro atoms. The summed E-state index contributed by atoms with van der Waals surface area (Å²) in [5, 5.41) is 2.78. The largest absolute Gasteiger partial charge is 0.369 e. The third-order valence-electron chi connectivity index (χ3n) is 8.07. The molecule has 1 unspecified atom stereocenters. The number of rotatable bonds is 5. The van der Waals surface area contributed by atoms with Crippen LogP contribution >= 0.6 is 11.6 Å². The highest BCUT2D eigenvalue weighted by Gasteiger charge is 2.45. The second-order valence-electron chi connectivity index (χ2n) is 10.9. The zero-order chi connectivity index (χ0) is 29.7. The van der Waals surface area contributed by atoms with E-state index in [1.165, 1.54) is 6.07 Å². The van der Waals surface area contributed by atoms with Gasteiger partial charge in [-0.2, -0.15) is 0 Å². The second kappa shape index (κ2) is 10.8. The van der Waals surface area contributed by atoms with Gasteiger partial charge in [0.1, 0.15) is 11.9 Å². The van der Waals surface area contributed by atoms with Gasteiger partial charge in [-0.25, -0.2) is 14.4 Å². The minimum atomic E-state index is -1.11. The van der Waals surface area contributed by atoms with E-state index < -0.39 is 35.5 Å². The fourth-order valence-electron chi connectivity index (χ4n) is 5.91. The molecule has 12 heteroatoms. The topological polar surface area (TPSA) is 116 Å². The summed E-state index contributed by atoms with van der Waals surface area (Å²) >= 11 is 6.27. The van der Waals surface area contributed by atoms with E-state index in [2.05, 4.69) is 10.3 Å². The number of nitrogens with one attached hydrogen (secondary N) is 1. The molecule has 2 aromatic carbocycles. The monoisotopic (exact) mass is 590 g/mol. The van der Waals surface area contributed by atoms with Crippen molar-refractivity contribution in [3.05, 3.63) is 70.3 Å². The lowest BCUT2D eigenvalue weighted by Crippen LogP contribution is -2.54. The number of benzene rings is 2. The first-order valence-electron chi connectivity index (χ1n) is 13.7. The quantitative estimate of drug-likeness (QED) is 0.446. The van der Waals surface area contributed by atoms with Crippen LogP contribution in [0.25, 0.3) is 11.1 Å². The van der Waals surface area contributed by atoms with Gasteiger partial charge in [0.25, 0.3) is 11.8 Å². The molecular weight excluding hydrogens is 563 g/mol. The Morgan fingerprint density at radius 3 is 2.36 bits per heavy atom. The summed E-state index contributed by atoms with van der Waals surface area (Å²) in [6.45, 7) is 0.991. The molecule has 1 atom stereocenters. The van der Waals surface area contributed by atoms with Crippen LogP contribution in [0.2, 0.25) is 5.02 Å². The molecule has 2 saturated heterocycles. The summed E-state index contributed by atoms with van der Waals surface area (Å²) in [5.74, 6) is -2.51. The molecular formula is C30H28ClFN6O4. The standard InChI is InChI=1S/C30H28ClFN6O4/c1-36(2)30-33-15-21(17-4-3-5-18(31)12-17)26(35-30)16-8-10-37(11-9-16)24-14-20-19(13-22(24)32)28(41)38(29(20)42)23-6-7-25(39)34-27(23)40/h3-5,12-16,23H,6-11H2,1-2H3,(H,34,39,40). The molecule has 3 aromatic rings. The predicted molar refractivity (Wildman–Crippen MR) is 154 cm³/mol. The maximum absolute atomic E-state index is 15.4. The first kappa shape index (κ1) is 27.8. The zero-order valence-electron chi connectivity index (χ0n) is 23.1. The maximum Gasteiger partial charge on any atom is 0.262 e. The van der Waals surface area contributed by atoms with Crippen molar-refractivity contribution >= 4 is 46.9 Å². The smallest absolute Gasteiger partial charge is 0.262 e. The third kappa shape index (κ3) is 4.87. The fourth-order valence-corrected chi connectivity index (χ4v) is 6.10. The number of nitrogens with zero attached hydrogens (tertiary/aromatic N) is 5. The van der Waals surface area contributed by atoms with Crippen LogP contribution in [0, 0.1) is 5.82 Å². The van der Waals surface area contributed by atoms with Crippen molar-refractivity contribution in [2.24, 2.45) is 0 Å². The van der Waals surface area contributed by atoms with E-state index in [-0.39, 0.29) is 35.6 Å². The van der Waals surface area contributed by atoms with Gasteiger partial charge in [-0.15, -0.1) is 0 Å². The summed E-state index contributed by atoms with van der Waals surface area (Å²) in [7, 11) is 3.76. The van der Waals surface area contributed by atoms with Crippen LogP contribution in [-0.4, -0.2) is 71.7 Å². The van der Waals surface area contributed by atoms with Crippen molar-refractivity contribution in [2.45, 2.75) is 37.6 Å². The first-order valence-corrected chi connectivity index (χ1v) is 14.1. The number of carbonyl (C=O) groups excluding carboxylic acids is 4. The molecule has 2 fully saturated rings. The van der Waals surface area contributed by atoms with Gasteiger partial charge in [-0.1, -0.05) is 23.7 Å². The highest BCUT2D eigenvalue weighted by molar-refractivity contribution is 6.30. The van der Waals surface area contributed by atoms with E-state index in [0.717, 1.165) is 27.8 Å². The summed E-state index contributed by atoms with van der Waals surface area (Å²) in [6, 6.07) is 8.92. The summed E-state index contributed by atoms with van der Waals surface area (Å²) in [5.41, 5.74) is 2.90. The number of hydrogen-bond donors (Lipinski definition) is 1. The van der Waals surface area contributed by atoms with Gasteiger partial charge in [0, 0.05) is 56.3 Å². The Morgan fingerprint density at radius 1 is 0.976 bits per heavy atom. The average molecular weight is 591 g/mol. The van der Waals surface area contributed by atoms with Gasteiger partial charge in [0.05, 0.1) is 22.5 Å². The van der Waals surface area contributed by atoms with Gasteiger partial charge >= 0.3 is 0 Å². The number of amides is 4. The molecule has 1 aromatic heterocycles. The third-order valence-corrected chi connectivity index (χ3v) is 8.31. The van der Waals surface area contributed by atoms with E-state index in [4.69, 9.17) is 16.6 Å². The summed E-state index contributed by atoms with van der Waals surface area (Å²) in [6.07, 6.45) is 3.20. The molecule has 0 bridgehead atoms. The van der Waals surface area contributed by atoms with Crippen molar-refractivity contribution in [1.29, 1.82) is 0 Å². The SMILES string of the molecule is CN(C)c1ncc(-c2cccc(Cl)c2)c(C2CCN(c3cc4c(cc3F)C(=O)N(C3CCC(=O)NC3=O)C4=O)CC2)n1. The van der Waals surface area contributed by atoms with Crippen LogP contribution in [-0.2, 0) is 9.59 Å². The Balaban J connectivity index is 1.24. The lowest BCUT2D eigenvalue weighted by Gasteiger charge is -2.34. The second-order valence-corrected chi connectivity index (χ2v) is 11.4. The number of aromatic nitrogens is 2. The molecule has 3 aliphatic rings. The molecule has 6 rings (SSSR count). The van der Waals surface area contributed by atoms with E-state index in [1.807, 2.05) is 54.4 Å². The van der Waals surface area contributed by atoms with E-state index in [0.29, 0.717) is 36.9 Å². The average Bonchev–Trinajstić information content (AvgIpc) is 3.20. The van der Waals surface area contributed by atoms with E-state index in [9.17, 15) is 19.2 Å². The number of hydrogen-bond acceptors (Lipinski definition) is 8. The Bertz CT molecular complexity index is 1640. The molecule has 4 amide bonds. The van der Waals surface area contributed by atoms with Crippen molar-refractivity contribution in [3.8, 4) is 11.1 Å². The molecule has 0 aliphatic carbocycles. The highest BCUT2D eigenvalue weighted by Crippen LogP contribution is 2.38. The summed E-state index contributed by atoms with van der Waals surface area (Å²) in [4.78, 5) is 64.2. The minimum absolute atomic E-state index is 0.0137. The van der Waals surface area contributed by atoms with E-state index >= 15 is 4.39 Å². The van der Waals surface area contributed by atoms with Gasteiger partial charge in [0.15, 0.2) is 0 Å². The lowest BCUT2D eigenvalue weighted by atomic mass is 9.88. The normalized spacial score (nSPS) is 19.3. The van der Waals surface area contributed by atoms with Gasteiger partial charge in [-0.3, -0.25) is 29.4 Å². The van der Waals surface area contributed by atoms with Crippen LogP contribution in [0.15, 0.2) is 42.6 Å². The summed E-state index contributed by atoms with van der Waals surface area (Å²) < 4.78 is 15.4. The molecule has 4 heterocycles. The number of fused-ring (bicyclic) bond motifs is 1. The Kier molecular flexibility index (Phi) is 7.14. The fraction of sp³-hybridized carbons (Fsp3) is 0.333. The minimum Gasteiger partial charge on any atom is -0.369 e. The molecule has 3 aliphatic heterocycles. The molecule has 216 valence electrons. The molecule has 1 N–H and O–H groups in total. The van der Waals surface area contributed by atoms with Crippen molar-refractivity contribution < 1.29 is 23.6 Å². The van der Waals surface area contributed by atoms with Crippen LogP contribution in [0.3, 0.4) is 0 Å². The van der Waals surface area contributed by atoms with Gasteiger partial charge in [-0.05, 0) is 49.1 Å². The Hall–Kier alpha value is -4.38.